The molecule has 0 aromatic carbocycles. The van der Waals surface area contributed by atoms with E-state index < -0.39 is 0 Å². The Bertz CT molecular complexity index is 558. The number of halogens is 1. The second-order valence-electron chi connectivity index (χ2n) is 3.65. The smallest absolute Gasteiger partial charge is 0.253 e. The second-order valence-corrected chi connectivity index (χ2v) is 4.99. The number of carbonyl (C=O) groups is 1. The SMILES string of the molecule is CC(NC(=O)c1cc(N)ncc1Cl)c1nccs1. The highest BCUT2D eigenvalue weighted by Gasteiger charge is 2.16. The van der Waals surface area contributed by atoms with Crippen molar-refractivity contribution in [3.8, 4) is 0 Å². The first kappa shape index (κ1) is 12.8. The van der Waals surface area contributed by atoms with E-state index in [1.54, 1.807) is 6.20 Å². The maximum Gasteiger partial charge on any atom is 0.253 e. The second kappa shape index (κ2) is 5.32. The largest absolute Gasteiger partial charge is 0.384 e. The number of hydrogen-bond acceptors (Lipinski definition) is 5. The zero-order chi connectivity index (χ0) is 13.1. The van der Waals surface area contributed by atoms with E-state index in [4.69, 9.17) is 17.3 Å². The van der Waals surface area contributed by atoms with Gasteiger partial charge in [-0.3, -0.25) is 4.79 Å². The lowest BCUT2D eigenvalue weighted by Crippen LogP contribution is -2.27. The monoisotopic (exact) mass is 282 g/mol. The highest BCUT2D eigenvalue weighted by Crippen LogP contribution is 2.19. The average molecular weight is 283 g/mol. The van der Waals surface area contributed by atoms with E-state index in [2.05, 4.69) is 15.3 Å². The molecule has 0 fully saturated rings. The van der Waals surface area contributed by atoms with Crippen molar-refractivity contribution in [2.24, 2.45) is 0 Å². The van der Waals surface area contributed by atoms with Gasteiger partial charge in [0.15, 0.2) is 0 Å². The van der Waals surface area contributed by atoms with E-state index in [1.165, 1.54) is 23.6 Å². The fraction of sp³-hybridized carbons (Fsp3) is 0.182. The van der Waals surface area contributed by atoms with Gasteiger partial charge in [0.05, 0.1) is 16.6 Å². The van der Waals surface area contributed by atoms with Crippen LogP contribution in [0.3, 0.4) is 0 Å². The Balaban J connectivity index is 2.15. The summed E-state index contributed by atoms with van der Waals surface area (Å²) in [5, 5.41) is 5.77. The molecule has 7 heteroatoms. The first-order valence-corrected chi connectivity index (χ1v) is 6.45. The quantitative estimate of drug-likeness (QED) is 0.905. The van der Waals surface area contributed by atoms with Crippen LogP contribution in [0.5, 0.6) is 0 Å². The van der Waals surface area contributed by atoms with Crippen LogP contribution in [0.4, 0.5) is 5.82 Å². The molecule has 0 aliphatic carbocycles. The fourth-order valence-electron chi connectivity index (χ4n) is 1.41. The molecule has 0 bridgehead atoms. The number of rotatable bonds is 3. The van der Waals surface area contributed by atoms with Crippen molar-refractivity contribution in [2.45, 2.75) is 13.0 Å². The van der Waals surface area contributed by atoms with E-state index in [1.807, 2.05) is 12.3 Å². The number of carbonyl (C=O) groups excluding carboxylic acids is 1. The molecule has 2 aromatic rings. The van der Waals surface area contributed by atoms with Crippen molar-refractivity contribution in [1.82, 2.24) is 15.3 Å². The third-order valence-corrected chi connectivity index (χ3v) is 3.55. The van der Waals surface area contributed by atoms with Gasteiger partial charge in [-0.15, -0.1) is 11.3 Å². The van der Waals surface area contributed by atoms with Gasteiger partial charge in [-0.2, -0.15) is 0 Å². The Morgan fingerprint density at radius 2 is 2.33 bits per heavy atom. The Labute approximate surface area is 113 Å². The molecule has 18 heavy (non-hydrogen) atoms. The normalized spacial score (nSPS) is 12.1. The molecule has 0 aliphatic heterocycles. The molecule has 0 saturated carbocycles. The Morgan fingerprint density at radius 1 is 1.56 bits per heavy atom. The minimum atomic E-state index is -0.295. The van der Waals surface area contributed by atoms with Gasteiger partial charge in [-0.05, 0) is 13.0 Å². The summed E-state index contributed by atoms with van der Waals surface area (Å²) in [6.45, 7) is 1.86. The number of nitrogens with zero attached hydrogens (tertiary/aromatic N) is 2. The van der Waals surface area contributed by atoms with Crippen molar-refractivity contribution in [3.63, 3.8) is 0 Å². The van der Waals surface area contributed by atoms with Gasteiger partial charge in [0.25, 0.3) is 5.91 Å². The van der Waals surface area contributed by atoms with Gasteiger partial charge in [-0.25, -0.2) is 9.97 Å². The zero-order valence-electron chi connectivity index (χ0n) is 9.55. The standard InChI is InChI=1S/C11H11ClN4OS/c1-6(11-14-2-3-18-11)16-10(17)7-4-9(13)15-5-8(7)12/h2-6H,1H3,(H2,13,15)(H,16,17). The number of thiazole rings is 1. The minimum Gasteiger partial charge on any atom is -0.384 e. The van der Waals surface area contributed by atoms with Gasteiger partial charge in [0.2, 0.25) is 0 Å². The molecule has 0 aliphatic rings. The molecule has 1 atom stereocenters. The molecule has 2 aromatic heterocycles. The van der Waals surface area contributed by atoms with Crippen LogP contribution in [0, 0.1) is 0 Å². The molecule has 1 amide bonds. The van der Waals surface area contributed by atoms with Crippen molar-refractivity contribution in [1.29, 1.82) is 0 Å². The molecular formula is C11H11ClN4OS. The van der Waals surface area contributed by atoms with Crippen molar-refractivity contribution >= 4 is 34.7 Å². The molecular weight excluding hydrogens is 272 g/mol. The minimum absolute atomic E-state index is 0.178. The highest BCUT2D eigenvalue weighted by atomic mass is 35.5. The van der Waals surface area contributed by atoms with Crippen LogP contribution >= 0.6 is 22.9 Å². The first-order chi connectivity index (χ1) is 8.58. The van der Waals surface area contributed by atoms with Crippen LogP contribution in [0.15, 0.2) is 23.8 Å². The van der Waals surface area contributed by atoms with Crippen molar-refractivity contribution in [2.75, 3.05) is 5.73 Å². The van der Waals surface area contributed by atoms with Crippen LogP contribution in [-0.2, 0) is 0 Å². The third kappa shape index (κ3) is 2.77. The van der Waals surface area contributed by atoms with Gasteiger partial charge in [0, 0.05) is 17.8 Å². The summed E-state index contributed by atoms with van der Waals surface area (Å²) in [7, 11) is 0. The molecule has 5 nitrogen and oxygen atoms in total. The van der Waals surface area contributed by atoms with Crippen LogP contribution < -0.4 is 11.1 Å². The summed E-state index contributed by atoms with van der Waals surface area (Å²) < 4.78 is 0. The van der Waals surface area contributed by atoms with Crippen LogP contribution in [-0.4, -0.2) is 15.9 Å². The van der Waals surface area contributed by atoms with Crippen LogP contribution in [0.25, 0.3) is 0 Å². The summed E-state index contributed by atoms with van der Waals surface area (Å²) in [4.78, 5) is 20.0. The van der Waals surface area contributed by atoms with E-state index in [9.17, 15) is 4.79 Å². The summed E-state index contributed by atoms with van der Waals surface area (Å²) >= 11 is 7.39. The maximum absolute atomic E-state index is 12.0. The number of amides is 1. The maximum atomic E-state index is 12.0. The third-order valence-electron chi connectivity index (χ3n) is 2.29. The first-order valence-electron chi connectivity index (χ1n) is 5.19. The van der Waals surface area contributed by atoms with Crippen molar-refractivity contribution in [3.05, 3.63) is 39.4 Å². The number of hydrogen-bond donors (Lipinski definition) is 2. The topological polar surface area (TPSA) is 80.9 Å². The molecule has 2 rings (SSSR count). The molecule has 94 valence electrons. The lowest BCUT2D eigenvalue weighted by atomic mass is 10.2. The molecule has 3 N–H and O–H groups in total. The van der Waals surface area contributed by atoms with Gasteiger partial charge in [-0.1, -0.05) is 11.6 Å². The molecule has 0 saturated heterocycles. The molecule has 0 spiro atoms. The van der Waals surface area contributed by atoms with E-state index in [0.29, 0.717) is 5.56 Å². The zero-order valence-corrected chi connectivity index (χ0v) is 11.1. The summed E-state index contributed by atoms with van der Waals surface area (Å²) in [6, 6.07) is 1.27. The average Bonchev–Trinajstić information content (AvgIpc) is 2.85. The molecule has 2 heterocycles. The van der Waals surface area contributed by atoms with Gasteiger partial charge >= 0.3 is 0 Å². The van der Waals surface area contributed by atoms with Gasteiger partial charge in [0.1, 0.15) is 10.8 Å². The molecule has 1 unspecified atom stereocenters. The number of nitrogen functional groups attached to an aromatic ring is 1. The lowest BCUT2D eigenvalue weighted by Gasteiger charge is -2.12. The van der Waals surface area contributed by atoms with E-state index in [0.717, 1.165) is 5.01 Å². The summed E-state index contributed by atoms with van der Waals surface area (Å²) in [5.74, 6) is -0.0387. The van der Waals surface area contributed by atoms with E-state index in [-0.39, 0.29) is 22.8 Å². The molecule has 0 radical (unpaired) electrons. The Hall–Kier alpha value is -1.66. The Kier molecular flexibility index (Phi) is 3.78. The highest BCUT2D eigenvalue weighted by molar-refractivity contribution is 7.09. The summed E-state index contributed by atoms with van der Waals surface area (Å²) in [5.41, 5.74) is 5.84. The predicted molar refractivity (Wildman–Crippen MR) is 71.7 cm³/mol. The lowest BCUT2D eigenvalue weighted by molar-refractivity contribution is 0.0940. The Morgan fingerprint density at radius 3 is 3.00 bits per heavy atom. The number of nitrogens with two attached hydrogens (primary N) is 1. The van der Waals surface area contributed by atoms with Crippen molar-refractivity contribution < 1.29 is 4.79 Å². The van der Waals surface area contributed by atoms with Gasteiger partial charge < -0.3 is 11.1 Å². The number of aromatic nitrogens is 2. The predicted octanol–water partition coefficient (Wildman–Crippen LogP) is 2.26. The van der Waals surface area contributed by atoms with Crippen LogP contribution in [0.1, 0.15) is 28.3 Å². The fourth-order valence-corrected chi connectivity index (χ4v) is 2.25. The van der Waals surface area contributed by atoms with Crippen LogP contribution in [0.2, 0.25) is 5.02 Å². The summed E-state index contributed by atoms with van der Waals surface area (Å²) in [6.07, 6.45) is 3.06. The number of anilines is 1. The number of nitrogens with one attached hydrogen (secondary N) is 1. The number of pyridine rings is 1. The van der Waals surface area contributed by atoms with E-state index >= 15 is 0 Å².